The smallest absolute Gasteiger partial charge is 0.343 e. The molecule has 26 heteroatoms. The summed E-state index contributed by atoms with van der Waals surface area (Å²) in [6.45, 7) is 5.52. The number of halogens is 2. The molecule has 4 amide bonds. The van der Waals surface area contributed by atoms with Crippen molar-refractivity contribution in [3.8, 4) is 17.1 Å². The maximum absolute atomic E-state index is 16.0. The number of thiazole rings is 1. The van der Waals surface area contributed by atoms with Crippen LogP contribution in [0.3, 0.4) is 0 Å². The minimum Gasteiger partial charge on any atom is -0.490 e. The van der Waals surface area contributed by atoms with Gasteiger partial charge < -0.3 is 59.4 Å². The molecule has 0 aliphatic carbocycles. The Bertz CT molecular complexity index is 3240. The average Bonchev–Trinajstić information content (AvgIpc) is 3.95. The van der Waals surface area contributed by atoms with Crippen LogP contribution in [-0.4, -0.2) is 123 Å². The molecule has 3 atom stereocenters. The van der Waals surface area contributed by atoms with Crippen molar-refractivity contribution < 1.29 is 74.7 Å². The van der Waals surface area contributed by atoms with E-state index in [0.717, 1.165) is 35.3 Å². The number of benzene rings is 2. The van der Waals surface area contributed by atoms with Crippen LogP contribution in [0.2, 0.25) is 0 Å². The van der Waals surface area contributed by atoms with Crippen LogP contribution >= 0.6 is 11.3 Å². The zero-order chi connectivity index (χ0) is 52.5. The maximum Gasteiger partial charge on any atom is 0.343 e. The monoisotopic (exact) mass is 1060 g/mol. The average molecular weight is 1060 g/mol. The van der Waals surface area contributed by atoms with Crippen molar-refractivity contribution >= 4 is 77.6 Å². The van der Waals surface area contributed by atoms with Crippen LogP contribution in [-0.2, 0) is 77.9 Å². The van der Waals surface area contributed by atoms with Crippen LogP contribution in [0.4, 0.5) is 14.5 Å². The van der Waals surface area contributed by atoms with Gasteiger partial charge in [-0.05, 0) is 37.0 Å². The molecule has 3 aliphatic heterocycles. The number of nitrogens with one attached hydrogen (secondary N) is 4. The Morgan fingerprint density at radius 1 is 0.904 bits per heavy atom. The summed E-state index contributed by atoms with van der Waals surface area (Å²) in [4.78, 5) is 87.3. The lowest BCUT2D eigenvalue weighted by atomic mass is 9.86. The van der Waals surface area contributed by atoms with Gasteiger partial charge in [-0.2, -0.15) is 0 Å². The quantitative estimate of drug-likeness (QED) is 0.0393. The van der Waals surface area contributed by atoms with E-state index < -0.39 is 80.2 Å². The normalized spacial score (nSPS) is 16.5. The van der Waals surface area contributed by atoms with Gasteiger partial charge in [-0.1, -0.05) is 20.8 Å². The van der Waals surface area contributed by atoms with Crippen molar-refractivity contribution in [3.63, 3.8) is 0 Å². The molecule has 73 heavy (non-hydrogen) atoms. The second kappa shape index (κ2) is 21.5. The molecule has 2 aromatic carbocycles. The van der Waals surface area contributed by atoms with E-state index in [1.807, 2.05) is 0 Å². The number of sulfone groups is 1. The molecule has 0 fully saturated rings. The van der Waals surface area contributed by atoms with Crippen molar-refractivity contribution in [1.82, 2.24) is 30.5 Å². The van der Waals surface area contributed by atoms with Crippen molar-refractivity contribution in [2.24, 2.45) is 5.92 Å². The lowest BCUT2D eigenvalue weighted by Crippen LogP contribution is -2.53. The van der Waals surface area contributed by atoms with E-state index in [9.17, 15) is 46.7 Å². The summed E-state index contributed by atoms with van der Waals surface area (Å²) >= 11 is 0.829. The van der Waals surface area contributed by atoms with Gasteiger partial charge >= 0.3 is 5.97 Å². The number of amides is 4. The number of anilines is 1. The van der Waals surface area contributed by atoms with E-state index >= 15 is 4.39 Å². The van der Waals surface area contributed by atoms with Gasteiger partial charge in [0.05, 0.1) is 71.0 Å². The lowest BCUT2D eigenvalue weighted by molar-refractivity contribution is -0.172. The standard InChI is InChI=1S/C47H51F2N7O15S2/c1-6-47(63)28-14-33-38-26(17-56(33)44(61)27(28)18-71-45(47)62)24-7-11-70-40-36(24)32(52-38)16-30(49)39(40)55-41(58)23(4)51-43(60)37(22(2)3)54-35(57)8-10-66-19-68-21-69-20-67-12-9-50-42(59)25-13-34-31(15-29(25)48)53-46(72-34)73(5,64)65/h13-16,22-23,37,63H,6-12,17-21H2,1-5H3,(H,50,59)(H,51,60)(H,54,57)(H,55,58)/t23-,37-,47-/m0/s1. The summed E-state index contributed by atoms with van der Waals surface area (Å²) in [6.07, 6.45) is 1.17. The first kappa shape index (κ1) is 52.8. The third-order valence-corrected chi connectivity index (χ3v) is 15.1. The van der Waals surface area contributed by atoms with Crippen molar-refractivity contribution in [1.29, 1.82) is 0 Å². The van der Waals surface area contributed by atoms with Crippen molar-refractivity contribution in [2.45, 2.75) is 82.1 Å². The van der Waals surface area contributed by atoms with E-state index in [1.165, 1.54) is 17.6 Å². The van der Waals surface area contributed by atoms with Gasteiger partial charge in [0.25, 0.3) is 11.5 Å². The molecule has 5 N–H and O–H groups in total. The zero-order valence-electron chi connectivity index (χ0n) is 40.1. The fourth-order valence-corrected chi connectivity index (χ4v) is 10.4. The second-order valence-electron chi connectivity index (χ2n) is 17.7. The summed E-state index contributed by atoms with van der Waals surface area (Å²) < 4.78 is 87.8. The van der Waals surface area contributed by atoms with Gasteiger partial charge in [-0.3, -0.25) is 24.0 Å². The highest BCUT2D eigenvalue weighted by atomic mass is 32.2. The SMILES string of the molecule is CC[C@@]1(O)C(=O)OCc2c1cc1n(c2=O)Cc2c-1nc1cc(F)c(NC(=O)[C@H](C)NC(=O)[C@@H](NC(=O)CCOCOCOCOCCNC(=O)c3cc4sc(S(C)(=O)=O)nc4cc3F)C(C)C)c3c1c2CCO3. The van der Waals surface area contributed by atoms with Crippen molar-refractivity contribution in [2.75, 3.05) is 58.3 Å². The largest absolute Gasteiger partial charge is 0.490 e. The third-order valence-electron chi connectivity index (χ3n) is 12.4. The third kappa shape index (κ3) is 10.8. The Labute approximate surface area is 418 Å². The molecule has 6 heterocycles. The van der Waals surface area contributed by atoms with Crippen LogP contribution in [0.15, 0.2) is 33.4 Å². The van der Waals surface area contributed by atoms with Gasteiger partial charge in [-0.25, -0.2) is 32.0 Å². The molecule has 3 aromatic heterocycles. The first-order valence-corrected chi connectivity index (χ1v) is 25.7. The number of pyridine rings is 2. The van der Waals surface area contributed by atoms with E-state index in [1.54, 1.807) is 26.8 Å². The number of nitrogens with zero attached hydrogens (tertiary/aromatic N) is 3. The first-order chi connectivity index (χ1) is 34.7. The van der Waals surface area contributed by atoms with Crippen molar-refractivity contribution in [3.05, 3.63) is 74.1 Å². The molecule has 390 valence electrons. The highest BCUT2D eigenvalue weighted by molar-refractivity contribution is 7.92. The molecule has 5 aromatic rings. The molecule has 8 rings (SSSR count). The summed E-state index contributed by atoms with van der Waals surface area (Å²) in [6, 6.07) is 2.67. The van der Waals surface area contributed by atoms with Crippen LogP contribution < -0.4 is 31.6 Å². The molecule has 0 unspecified atom stereocenters. The number of rotatable bonds is 21. The number of ether oxygens (including phenoxy) is 6. The first-order valence-electron chi connectivity index (χ1n) is 23.0. The number of carbonyl (C=O) groups excluding carboxylic acids is 5. The molecule has 3 aliphatic rings. The van der Waals surface area contributed by atoms with E-state index in [0.29, 0.717) is 33.5 Å². The summed E-state index contributed by atoms with van der Waals surface area (Å²) in [5.74, 6) is -5.70. The predicted molar refractivity (Wildman–Crippen MR) is 255 cm³/mol. The Kier molecular flexibility index (Phi) is 15.5. The van der Waals surface area contributed by atoms with E-state index in [2.05, 4.69) is 26.3 Å². The number of hydrogen-bond donors (Lipinski definition) is 5. The summed E-state index contributed by atoms with van der Waals surface area (Å²) in [5.41, 5.74) is -0.271. The minimum atomic E-state index is -3.60. The Morgan fingerprint density at radius 2 is 1.62 bits per heavy atom. The molecule has 0 bridgehead atoms. The van der Waals surface area contributed by atoms with Gasteiger partial charge in [-0.15, -0.1) is 11.3 Å². The van der Waals surface area contributed by atoms with Crippen LogP contribution in [0.5, 0.6) is 5.75 Å². The number of aliphatic hydroxyl groups is 1. The molecule has 0 radical (unpaired) electrons. The van der Waals surface area contributed by atoms with Crippen LogP contribution in [0.1, 0.15) is 73.1 Å². The highest BCUT2D eigenvalue weighted by Crippen LogP contribution is 2.46. The van der Waals surface area contributed by atoms with Crippen LogP contribution in [0.25, 0.3) is 32.5 Å². The Morgan fingerprint density at radius 3 is 2.33 bits per heavy atom. The Hall–Kier alpha value is -6.55. The number of fused-ring (bicyclic) bond motifs is 6. The fraction of sp³-hybridized carbons (Fsp3) is 0.447. The second-order valence-corrected chi connectivity index (χ2v) is 20.9. The number of cyclic esters (lactones) is 1. The lowest BCUT2D eigenvalue weighted by Gasteiger charge is -2.31. The van der Waals surface area contributed by atoms with E-state index in [4.69, 9.17) is 33.4 Å². The maximum atomic E-state index is 16.0. The summed E-state index contributed by atoms with van der Waals surface area (Å²) in [5, 5.41) is 22.0. The van der Waals surface area contributed by atoms with Gasteiger partial charge in [0.15, 0.2) is 24.0 Å². The predicted octanol–water partition coefficient (Wildman–Crippen LogP) is 2.65. The number of aromatic nitrogens is 3. The van der Waals surface area contributed by atoms with Crippen LogP contribution in [0, 0.1) is 17.6 Å². The van der Waals surface area contributed by atoms with E-state index in [-0.39, 0.29) is 116 Å². The molecule has 0 saturated carbocycles. The molecule has 0 spiro atoms. The molecule has 0 saturated heterocycles. The minimum absolute atomic E-state index is 0.00565. The zero-order valence-corrected chi connectivity index (χ0v) is 41.7. The van der Waals surface area contributed by atoms with Gasteiger partial charge in [0, 0.05) is 47.9 Å². The van der Waals surface area contributed by atoms with Gasteiger partial charge in [0.1, 0.15) is 43.8 Å². The molecule has 22 nitrogen and oxygen atoms in total. The fourth-order valence-electron chi connectivity index (χ4n) is 8.56. The van der Waals surface area contributed by atoms with Gasteiger partial charge in [0.2, 0.25) is 31.9 Å². The number of carbonyl (C=O) groups is 5. The summed E-state index contributed by atoms with van der Waals surface area (Å²) in [7, 11) is -3.60. The Balaban J connectivity index is 0.766. The highest BCUT2D eigenvalue weighted by Gasteiger charge is 2.46. The topological polar surface area (TPSA) is 291 Å². The molecular formula is C47H51F2N7O15S2. The number of esters is 1. The number of hydrogen-bond acceptors (Lipinski definition) is 18. The molecular weight excluding hydrogens is 1000 g/mol.